The van der Waals surface area contributed by atoms with Crippen molar-refractivity contribution in [2.75, 3.05) is 19.5 Å². The molecule has 0 bridgehead atoms. The van der Waals surface area contributed by atoms with Gasteiger partial charge in [-0.1, -0.05) is 24.3 Å². The molecule has 0 aliphatic heterocycles. The number of hydrogen-bond acceptors (Lipinski definition) is 6. The molecule has 2 aromatic carbocycles. The van der Waals surface area contributed by atoms with Crippen LogP contribution < -0.4 is 20.1 Å². The fourth-order valence-corrected chi connectivity index (χ4v) is 2.84. The second kappa shape index (κ2) is 9.05. The topological polar surface area (TPSA) is 85.4 Å². The zero-order valence-corrected chi connectivity index (χ0v) is 16.9. The standard InChI is InChI=1S/C22H24N4O3/c1-14-7-5-6-8-16(14)13-23-21(27)19-11-15(2)24-22(26-19)25-18-10-9-17(28-3)12-20(18)29-4/h5-12H,13H2,1-4H3,(H,23,27)(H,24,25,26). The minimum Gasteiger partial charge on any atom is -0.497 e. The summed E-state index contributed by atoms with van der Waals surface area (Å²) in [5, 5.41) is 6.02. The first-order valence-corrected chi connectivity index (χ1v) is 9.17. The summed E-state index contributed by atoms with van der Waals surface area (Å²) in [6, 6.07) is 15.0. The Bertz CT molecular complexity index is 1020. The Kier molecular flexibility index (Phi) is 6.29. The molecule has 0 aliphatic carbocycles. The van der Waals surface area contributed by atoms with Crippen LogP contribution in [0.25, 0.3) is 0 Å². The first-order chi connectivity index (χ1) is 14.0. The number of aromatic nitrogens is 2. The van der Waals surface area contributed by atoms with E-state index in [9.17, 15) is 4.79 Å². The minimum absolute atomic E-state index is 0.261. The number of methoxy groups -OCH3 is 2. The van der Waals surface area contributed by atoms with Gasteiger partial charge in [0.2, 0.25) is 5.95 Å². The molecular formula is C22H24N4O3. The first-order valence-electron chi connectivity index (χ1n) is 9.17. The van der Waals surface area contributed by atoms with Gasteiger partial charge in [0.05, 0.1) is 19.9 Å². The molecule has 0 fully saturated rings. The average molecular weight is 392 g/mol. The molecule has 0 unspecified atom stereocenters. The van der Waals surface area contributed by atoms with E-state index in [1.165, 1.54) is 0 Å². The monoisotopic (exact) mass is 392 g/mol. The van der Waals surface area contributed by atoms with Gasteiger partial charge < -0.3 is 20.1 Å². The fraction of sp³-hybridized carbons (Fsp3) is 0.227. The molecule has 7 heteroatoms. The maximum absolute atomic E-state index is 12.6. The summed E-state index contributed by atoms with van der Waals surface area (Å²) in [5.74, 6) is 1.31. The molecule has 0 aliphatic rings. The third-order valence-electron chi connectivity index (χ3n) is 4.44. The third kappa shape index (κ3) is 5.01. The Hall–Kier alpha value is -3.61. The number of ether oxygens (including phenoxy) is 2. The van der Waals surface area contributed by atoms with Gasteiger partial charge >= 0.3 is 0 Å². The molecule has 1 amide bonds. The van der Waals surface area contributed by atoms with Crippen LogP contribution >= 0.6 is 0 Å². The molecule has 7 nitrogen and oxygen atoms in total. The van der Waals surface area contributed by atoms with Crippen LogP contribution in [0.2, 0.25) is 0 Å². The Balaban J connectivity index is 1.77. The van der Waals surface area contributed by atoms with E-state index in [-0.39, 0.29) is 5.91 Å². The van der Waals surface area contributed by atoms with Crippen LogP contribution in [0.5, 0.6) is 11.5 Å². The van der Waals surface area contributed by atoms with Crippen LogP contribution in [0.1, 0.15) is 27.3 Å². The maximum Gasteiger partial charge on any atom is 0.270 e. The normalized spacial score (nSPS) is 10.3. The van der Waals surface area contributed by atoms with E-state index in [0.29, 0.717) is 41.1 Å². The lowest BCUT2D eigenvalue weighted by atomic mass is 10.1. The van der Waals surface area contributed by atoms with Crippen molar-refractivity contribution in [1.82, 2.24) is 15.3 Å². The zero-order valence-electron chi connectivity index (χ0n) is 16.9. The number of nitrogens with zero attached hydrogens (tertiary/aromatic N) is 2. The van der Waals surface area contributed by atoms with Gasteiger partial charge in [-0.3, -0.25) is 4.79 Å². The van der Waals surface area contributed by atoms with Crippen molar-refractivity contribution in [3.8, 4) is 11.5 Å². The van der Waals surface area contributed by atoms with Crippen LogP contribution in [0.3, 0.4) is 0 Å². The Labute approximate surface area is 170 Å². The second-order valence-electron chi connectivity index (χ2n) is 6.52. The van der Waals surface area contributed by atoms with Crippen molar-refractivity contribution in [3.05, 3.63) is 71.0 Å². The first kappa shape index (κ1) is 20.1. The van der Waals surface area contributed by atoms with Crippen LogP contribution in [-0.2, 0) is 6.54 Å². The Morgan fingerprint density at radius 2 is 1.79 bits per heavy atom. The molecule has 0 atom stereocenters. The number of carbonyl (C=O) groups excluding carboxylic acids is 1. The number of amides is 1. The number of hydrogen-bond donors (Lipinski definition) is 2. The van der Waals surface area contributed by atoms with Gasteiger partial charge in [0.1, 0.15) is 17.2 Å². The van der Waals surface area contributed by atoms with Gasteiger partial charge in [-0.2, -0.15) is 0 Å². The van der Waals surface area contributed by atoms with Gasteiger partial charge in [-0.25, -0.2) is 9.97 Å². The largest absolute Gasteiger partial charge is 0.497 e. The van der Waals surface area contributed by atoms with Gasteiger partial charge in [0.25, 0.3) is 5.91 Å². The third-order valence-corrected chi connectivity index (χ3v) is 4.44. The summed E-state index contributed by atoms with van der Waals surface area (Å²) in [6.45, 7) is 4.26. The Morgan fingerprint density at radius 1 is 1.00 bits per heavy atom. The van der Waals surface area contributed by atoms with Crippen molar-refractivity contribution >= 4 is 17.5 Å². The van der Waals surface area contributed by atoms with E-state index < -0.39 is 0 Å². The van der Waals surface area contributed by atoms with Crippen molar-refractivity contribution in [1.29, 1.82) is 0 Å². The molecule has 1 aromatic heterocycles. The van der Waals surface area contributed by atoms with Crippen LogP contribution in [0.4, 0.5) is 11.6 Å². The van der Waals surface area contributed by atoms with Gasteiger partial charge in [-0.05, 0) is 43.2 Å². The minimum atomic E-state index is -0.261. The van der Waals surface area contributed by atoms with Crippen molar-refractivity contribution in [2.24, 2.45) is 0 Å². The lowest BCUT2D eigenvalue weighted by Gasteiger charge is -2.13. The van der Waals surface area contributed by atoms with E-state index in [1.807, 2.05) is 38.1 Å². The highest BCUT2D eigenvalue weighted by Gasteiger charge is 2.13. The zero-order chi connectivity index (χ0) is 20.8. The lowest BCUT2D eigenvalue weighted by molar-refractivity contribution is 0.0945. The molecule has 2 N–H and O–H groups in total. The fourth-order valence-electron chi connectivity index (χ4n) is 2.84. The summed E-state index contributed by atoms with van der Waals surface area (Å²) >= 11 is 0. The predicted octanol–water partition coefficient (Wildman–Crippen LogP) is 3.78. The molecule has 1 heterocycles. The van der Waals surface area contributed by atoms with Gasteiger partial charge in [0, 0.05) is 18.3 Å². The number of rotatable bonds is 7. The lowest BCUT2D eigenvalue weighted by Crippen LogP contribution is -2.24. The summed E-state index contributed by atoms with van der Waals surface area (Å²) in [4.78, 5) is 21.4. The molecule has 0 saturated heterocycles. The van der Waals surface area contributed by atoms with E-state index in [1.54, 1.807) is 38.5 Å². The van der Waals surface area contributed by atoms with E-state index in [2.05, 4.69) is 20.6 Å². The molecule has 150 valence electrons. The highest BCUT2D eigenvalue weighted by molar-refractivity contribution is 5.92. The van der Waals surface area contributed by atoms with Crippen LogP contribution in [0, 0.1) is 13.8 Å². The van der Waals surface area contributed by atoms with E-state index in [4.69, 9.17) is 9.47 Å². The van der Waals surface area contributed by atoms with Crippen LogP contribution in [-0.4, -0.2) is 30.1 Å². The number of nitrogens with one attached hydrogen (secondary N) is 2. The second-order valence-corrected chi connectivity index (χ2v) is 6.52. The maximum atomic E-state index is 12.6. The molecule has 3 rings (SSSR count). The number of aryl methyl sites for hydroxylation is 2. The Morgan fingerprint density at radius 3 is 2.52 bits per heavy atom. The smallest absolute Gasteiger partial charge is 0.270 e. The number of benzene rings is 2. The van der Waals surface area contributed by atoms with Gasteiger partial charge in [0.15, 0.2) is 0 Å². The van der Waals surface area contributed by atoms with Crippen molar-refractivity contribution in [3.63, 3.8) is 0 Å². The summed E-state index contributed by atoms with van der Waals surface area (Å²) in [7, 11) is 3.16. The average Bonchev–Trinajstić information content (AvgIpc) is 2.72. The molecule has 0 radical (unpaired) electrons. The van der Waals surface area contributed by atoms with Crippen molar-refractivity contribution < 1.29 is 14.3 Å². The highest BCUT2D eigenvalue weighted by atomic mass is 16.5. The van der Waals surface area contributed by atoms with E-state index in [0.717, 1.165) is 11.1 Å². The molecule has 29 heavy (non-hydrogen) atoms. The summed E-state index contributed by atoms with van der Waals surface area (Å²) in [5.41, 5.74) is 3.83. The predicted molar refractivity (Wildman–Crippen MR) is 112 cm³/mol. The SMILES string of the molecule is COc1ccc(Nc2nc(C)cc(C(=O)NCc3ccccc3C)n2)c(OC)c1. The molecular weight excluding hydrogens is 368 g/mol. The van der Waals surface area contributed by atoms with Crippen LogP contribution in [0.15, 0.2) is 48.5 Å². The highest BCUT2D eigenvalue weighted by Crippen LogP contribution is 2.30. The molecule has 3 aromatic rings. The number of anilines is 2. The quantitative estimate of drug-likeness (QED) is 0.636. The summed E-state index contributed by atoms with van der Waals surface area (Å²) in [6.07, 6.45) is 0. The van der Waals surface area contributed by atoms with Gasteiger partial charge in [-0.15, -0.1) is 0 Å². The summed E-state index contributed by atoms with van der Waals surface area (Å²) < 4.78 is 10.6. The molecule has 0 saturated carbocycles. The van der Waals surface area contributed by atoms with E-state index >= 15 is 0 Å². The molecule has 0 spiro atoms. The van der Waals surface area contributed by atoms with Crippen molar-refractivity contribution in [2.45, 2.75) is 20.4 Å². The number of carbonyl (C=O) groups is 1.